The summed E-state index contributed by atoms with van der Waals surface area (Å²) in [5.74, 6) is -0.249. The number of carbonyl (C=O) groups is 2. The third kappa shape index (κ3) is 6.48. The molecule has 232 valence electrons. The molecule has 44 heavy (non-hydrogen) atoms. The molecule has 2 aliphatic rings. The summed E-state index contributed by atoms with van der Waals surface area (Å²) < 4.78 is 35.7. The van der Waals surface area contributed by atoms with Crippen LogP contribution in [0.1, 0.15) is 38.8 Å². The van der Waals surface area contributed by atoms with E-state index in [2.05, 4.69) is 20.5 Å². The first-order valence-corrected chi connectivity index (χ1v) is 14.7. The van der Waals surface area contributed by atoms with Gasteiger partial charge in [-0.1, -0.05) is 11.6 Å². The third-order valence-electron chi connectivity index (χ3n) is 7.43. The number of pyridine rings is 2. The SMILES string of the molecule is Cn1ncc(OC[C@H]2CN(C(=O)OC(C)(C)C)CCO2)c1-c1cc2cc(NC(=O)[C@H]3C[C@H]3c3ccc(Cl)cn3)nn2cc1F. The third-order valence-corrected chi connectivity index (χ3v) is 7.66. The zero-order valence-corrected chi connectivity index (χ0v) is 25.5. The molecule has 0 bridgehead atoms. The predicted octanol–water partition coefficient (Wildman–Crippen LogP) is 4.68. The Kier molecular flexibility index (Phi) is 7.93. The average Bonchev–Trinajstić information content (AvgIpc) is 3.56. The van der Waals surface area contributed by atoms with E-state index >= 15 is 4.39 Å². The molecule has 12 nitrogen and oxygen atoms in total. The molecule has 6 rings (SSSR count). The number of rotatable bonds is 7. The summed E-state index contributed by atoms with van der Waals surface area (Å²) in [6.45, 7) is 6.64. The number of ether oxygens (including phenoxy) is 3. The van der Waals surface area contributed by atoms with Crippen molar-refractivity contribution in [3.63, 3.8) is 0 Å². The van der Waals surface area contributed by atoms with Crippen molar-refractivity contribution in [1.82, 2.24) is 29.3 Å². The molecule has 5 heterocycles. The van der Waals surface area contributed by atoms with E-state index in [1.54, 1.807) is 36.3 Å². The Balaban J connectivity index is 1.13. The van der Waals surface area contributed by atoms with Gasteiger partial charge in [0.25, 0.3) is 0 Å². The number of anilines is 1. The molecule has 1 saturated heterocycles. The maximum absolute atomic E-state index is 15.4. The fourth-order valence-electron chi connectivity index (χ4n) is 5.22. The van der Waals surface area contributed by atoms with Gasteiger partial charge in [0.05, 0.1) is 36.1 Å². The Morgan fingerprint density at radius 3 is 2.80 bits per heavy atom. The molecule has 0 radical (unpaired) electrons. The van der Waals surface area contributed by atoms with Crippen LogP contribution < -0.4 is 10.1 Å². The van der Waals surface area contributed by atoms with Gasteiger partial charge in [-0.3, -0.25) is 14.5 Å². The predicted molar refractivity (Wildman–Crippen MR) is 159 cm³/mol. The monoisotopic (exact) mass is 625 g/mol. The van der Waals surface area contributed by atoms with Crippen molar-refractivity contribution in [2.45, 2.75) is 44.8 Å². The van der Waals surface area contributed by atoms with Gasteiger partial charge in [-0.25, -0.2) is 13.7 Å². The molecule has 1 aliphatic heterocycles. The van der Waals surface area contributed by atoms with Crippen LogP contribution in [0.4, 0.5) is 15.0 Å². The Labute approximate surface area is 258 Å². The molecule has 0 unspecified atom stereocenters. The minimum absolute atomic E-state index is 0.0241. The molecule has 1 saturated carbocycles. The highest BCUT2D eigenvalue weighted by Gasteiger charge is 2.45. The summed E-state index contributed by atoms with van der Waals surface area (Å²) in [4.78, 5) is 31.3. The highest BCUT2D eigenvalue weighted by molar-refractivity contribution is 6.30. The molecule has 14 heteroatoms. The molecule has 0 aromatic carbocycles. The minimum Gasteiger partial charge on any atom is -0.487 e. The number of carbonyl (C=O) groups excluding carboxylic acids is 2. The van der Waals surface area contributed by atoms with E-state index in [9.17, 15) is 9.59 Å². The number of nitrogens with zero attached hydrogens (tertiary/aromatic N) is 6. The Morgan fingerprint density at radius 2 is 2.05 bits per heavy atom. The second-order valence-electron chi connectivity index (χ2n) is 12.0. The lowest BCUT2D eigenvalue weighted by molar-refractivity contribution is -0.117. The summed E-state index contributed by atoms with van der Waals surface area (Å²) in [6, 6.07) is 6.89. The van der Waals surface area contributed by atoms with Crippen LogP contribution in [-0.2, 0) is 21.3 Å². The largest absolute Gasteiger partial charge is 0.487 e. The van der Waals surface area contributed by atoms with E-state index in [1.165, 1.54) is 21.6 Å². The van der Waals surface area contributed by atoms with Crippen LogP contribution in [0, 0.1) is 11.7 Å². The summed E-state index contributed by atoms with van der Waals surface area (Å²) in [5, 5.41) is 12.0. The summed E-state index contributed by atoms with van der Waals surface area (Å²) in [6.07, 6.45) is 4.20. The van der Waals surface area contributed by atoms with Gasteiger partial charge in [-0.15, -0.1) is 5.10 Å². The number of hydrogen-bond acceptors (Lipinski definition) is 8. The van der Waals surface area contributed by atoms with Crippen molar-refractivity contribution in [2.75, 3.05) is 31.6 Å². The van der Waals surface area contributed by atoms with Crippen LogP contribution in [-0.4, -0.2) is 79.3 Å². The molecule has 1 N–H and O–H groups in total. The number of nitrogens with one attached hydrogen (secondary N) is 1. The number of amides is 2. The van der Waals surface area contributed by atoms with Gasteiger partial charge in [-0.2, -0.15) is 5.10 Å². The van der Waals surface area contributed by atoms with Crippen molar-refractivity contribution in [1.29, 1.82) is 0 Å². The zero-order valence-electron chi connectivity index (χ0n) is 24.8. The fraction of sp³-hybridized carbons (Fsp3) is 0.433. The maximum Gasteiger partial charge on any atom is 0.410 e. The number of fused-ring (bicyclic) bond motifs is 1. The molecule has 0 spiro atoms. The summed E-state index contributed by atoms with van der Waals surface area (Å²) in [7, 11) is 1.69. The van der Waals surface area contributed by atoms with Gasteiger partial charge in [0.1, 0.15) is 24.0 Å². The van der Waals surface area contributed by atoms with Crippen molar-refractivity contribution >= 4 is 34.9 Å². The molecule has 3 atom stereocenters. The van der Waals surface area contributed by atoms with Crippen LogP contribution in [0.15, 0.2) is 42.9 Å². The van der Waals surface area contributed by atoms with E-state index in [-0.39, 0.29) is 29.9 Å². The lowest BCUT2D eigenvalue weighted by Gasteiger charge is -2.34. The Bertz CT molecular complexity index is 1700. The van der Waals surface area contributed by atoms with Crippen LogP contribution in [0.25, 0.3) is 16.8 Å². The van der Waals surface area contributed by atoms with Crippen molar-refractivity contribution in [2.24, 2.45) is 13.0 Å². The smallest absolute Gasteiger partial charge is 0.410 e. The first-order valence-electron chi connectivity index (χ1n) is 14.3. The van der Waals surface area contributed by atoms with Crippen LogP contribution >= 0.6 is 11.6 Å². The van der Waals surface area contributed by atoms with Gasteiger partial charge in [-0.05, 0) is 45.4 Å². The Morgan fingerprint density at radius 1 is 1.23 bits per heavy atom. The van der Waals surface area contributed by atoms with Crippen LogP contribution in [0.5, 0.6) is 5.75 Å². The average molecular weight is 626 g/mol. The van der Waals surface area contributed by atoms with E-state index < -0.39 is 23.6 Å². The zero-order chi connectivity index (χ0) is 31.2. The van der Waals surface area contributed by atoms with Gasteiger partial charge in [0, 0.05) is 48.9 Å². The summed E-state index contributed by atoms with van der Waals surface area (Å²) >= 11 is 5.92. The first kappa shape index (κ1) is 29.8. The normalized spacial score (nSPS) is 20.0. The van der Waals surface area contributed by atoms with Crippen LogP contribution in [0.3, 0.4) is 0 Å². The lowest BCUT2D eigenvalue weighted by Crippen LogP contribution is -2.49. The van der Waals surface area contributed by atoms with Crippen LogP contribution in [0.2, 0.25) is 5.02 Å². The number of aryl methyl sites for hydroxylation is 1. The fourth-order valence-corrected chi connectivity index (χ4v) is 5.33. The molecule has 1 aliphatic carbocycles. The first-order chi connectivity index (χ1) is 20.9. The van der Waals surface area contributed by atoms with Gasteiger partial charge < -0.3 is 24.4 Å². The van der Waals surface area contributed by atoms with E-state index in [0.717, 1.165) is 5.69 Å². The molecule has 4 aromatic rings. The number of halogens is 2. The Hall–Kier alpha value is -4.23. The number of aromatic nitrogens is 5. The van der Waals surface area contributed by atoms with Gasteiger partial charge in [0.15, 0.2) is 17.4 Å². The van der Waals surface area contributed by atoms with Gasteiger partial charge in [0.2, 0.25) is 5.91 Å². The standard InChI is InChI=1S/C30H33ClFN7O5/c1-30(2,3)44-29(41)38-7-8-42-19(14-38)16-43-25-13-34-37(4)27(25)22-9-18-10-26(36-39(18)15-23(22)32)35-28(40)21-11-20(21)24-6-5-17(31)12-33-24/h5-6,9-10,12-13,15,19-21H,7-8,11,14,16H2,1-4H3,(H,35,36,40)/t19-,20-,21+/m1/s1. The second-order valence-corrected chi connectivity index (χ2v) is 12.4. The topological polar surface area (TPSA) is 125 Å². The number of hydrogen-bond donors (Lipinski definition) is 1. The molecular formula is C30H33ClFN7O5. The van der Waals surface area contributed by atoms with E-state index in [4.69, 9.17) is 25.8 Å². The minimum atomic E-state index is -0.602. The van der Waals surface area contributed by atoms with Crippen molar-refractivity contribution < 1.29 is 28.2 Å². The molecule has 2 amide bonds. The second kappa shape index (κ2) is 11.7. The molecule has 4 aromatic heterocycles. The maximum atomic E-state index is 15.4. The van der Waals surface area contributed by atoms with Crippen molar-refractivity contribution in [3.8, 4) is 17.0 Å². The van der Waals surface area contributed by atoms with Gasteiger partial charge >= 0.3 is 6.09 Å². The van der Waals surface area contributed by atoms with E-state index in [1.807, 2.05) is 26.8 Å². The highest BCUT2D eigenvalue weighted by Crippen LogP contribution is 2.47. The van der Waals surface area contributed by atoms with E-state index in [0.29, 0.717) is 53.9 Å². The quantitative estimate of drug-likeness (QED) is 0.314. The lowest BCUT2D eigenvalue weighted by atomic mass is 10.1. The summed E-state index contributed by atoms with van der Waals surface area (Å²) in [5.41, 5.74) is 1.46. The van der Waals surface area contributed by atoms with Crippen molar-refractivity contribution in [3.05, 3.63) is 59.4 Å². The highest BCUT2D eigenvalue weighted by atomic mass is 35.5. The molecular weight excluding hydrogens is 593 g/mol. The molecule has 2 fully saturated rings. The number of morpholine rings is 1.